The maximum absolute atomic E-state index is 12.1. The van der Waals surface area contributed by atoms with Gasteiger partial charge in [0.2, 0.25) is 5.13 Å². The summed E-state index contributed by atoms with van der Waals surface area (Å²) in [6, 6.07) is 1.11. The van der Waals surface area contributed by atoms with Gasteiger partial charge < -0.3 is 9.67 Å². The van der Waals surface area contributed by atoms with Gasteiger partial charge in [0.15, 0.2) is 0 Å². The van der Waals surface area contributed by atoms with Crippen LogP contribution in [0.3, 0.4) is 0 Å². The fourth-order valence-corrected chi connectivity index (χ4v) is 3.42. The van der Waals surface area contributed by atoms with Crippen molar-refractivity contribution in [2.45, 2.75) is 25.3 Å². The van der Waals surface area contributed by atoms with Crippen LogP contribution in [0.4, 0.5) is 5.13 Å². The van der Waals surface area contributed by atoms with Crippen LogP contribution in [-0.2, 0) is 16.6 Å². The van der Waals surface area contributed by atoms with Crippen molar-refractivity contribution in [3.05, 3.63) is 23.8 Å². The molecule has 2 heterocycles. The van der Waals surface area contributed by atoms with Crippen molar-refractivity contribution in [1.82, 2.24) is 13.9 Å². The number of aryl methyl sites for hydroxylation is 2. The number of hydrogen-bond acceptors (Lipinski definition) is 6. The zero-order chi connectivity index (χ0) is 14.9. The number of carboxylic acid groups (broad SMARTS) is 1. The number of rotatable bonds is 5. The molecule has 0 unspecified atom stereocenters. The van der Waals surface area contributed by atoms with E-state index in [9.17, 15) is 13.2 Å². The van der Waals surface area contributed by atoms with Crippen LogP contribution in [0.5, 0.6) is 0 Å². The maximum atomic E-state index is 12.1. The number of anilines is 1. The highest BCUT2D eigenvalue weighted by molar-refractivity contribution is 7.93. The molecule has 10 heteroatoms. The third-order valence-electron chi connectivity index (χ3n) is 2.49. The number of nitrogens with zero attached hydrogens (tertiary/aromatic N) is 3. The lowest BCUT2D eigenvalue weighted by Crippen LogP contribution is -2.12. The molecule has 0 aliphatic carbocycles. The number of hydrogen-bond donors (Lipinski definition) is 2. The number of sulfonamides is 1. The fraction of sp³-hybridized carbons (Fsp3) is 0.300. The highest BCUT2D eigenvalue weighted by atomic mass is 32.2. The monoisotopic (exact) mass is 316 g/mol. The SMILES string of the molecule is CCn1cc(S(=O)(=O)Nc2nc(C)ns2)cc1C(=O)O. The average Bonchev–Trinajstić information content (AvgIpc) is 2.95. The van der Waals surface area contributed by atoms with E-state index in [0.717, 1.165) is 17.6 Å². The van der Waals surface area contributed by atoms with E-state index >= 15 is 0 Å². The van der Waals surface area contributed by atoms with Gasteiger partial charge in [-0.15, -0.1) is 0 Å². The maximum Gasteiger partial charge on any atom is 0.352 e. The van der Waals surface area contributed by atoms with Crippen LogP contribution in [0.2, 0.25) is 0 Å². The molecule has 0 amide bonds. The first kappa shape index (κ1) is 14.5. The minimum Gasteiger partial charge on any atom is -0.477 e. The van der Waals surface area contributed by atoms with Crippen LogP contribution in [0.15, 0.2) is 17.2 Å². The second kappa shape index (κ2) is 5.21. The van der Waals surface area contributed by atoms with Gasteiger partial charge in [-0.05, 0) is 19.9 Å². The van der Waals surface area contributed by atoms with E-state index in [4.69, 9.17) is 5.11 Å². The Balaban J connectivity index is 2.37. The lowest BCUT2D eigenvalue weighted by Gasteiger charge is -2.01. The molecule has 0 saturated carbocycles. The van der Waals surface area contributed by atoms with E-state index in [2.05, 4.69) is 14.1 Å². The molecule has 108 valence electrons. The highest BCUT2D eigenvalue weighted by Gasteiger charge is 2.22. The Labute approximate surface area is 119 Å². The third-order valence-corrected chi connectivity index (χ3v) is 4.65. The summed E-state index contributed by atoms with van der Waals surface area (Å²) in [5.41, 5.74) is -0.0821. The molecule has 0 aliphatic heterocycles. The number of aromatic nitrogens is 3. The molecule has 2 N–H and O–H groups in total. The number of aromatic carboxylic acids is 1. The smallest absolute Gasteiger partial charge is 0.352 e. The van der Waals surface area contributed by atoms with Crippen LogP contribution >= 0.6 is 11.5 Å². The van der Waals surface area contributed by atoms with E-state index in [0.29, 0.717) is 12.4 Å². The van der Waals surface area contributed by atoms with Crippen molar-refractivity contribution < 1.29 is 18.3 Å². The molecule has 2 rings (SSSR count). The van der Waals surface area contributed by atoms with Gasteiger partial charge in [-0.25, -0.2) is 18.2 Å². The van der Waals surface area contributed by atoms with Gasteiger partial charge in [0.05, 0.1) is 0 Å². The topological polar surface area (TPSA) is 114 Å². The zero-order valence-electron chi connectivity index (χ0n) is 10.7. The minimum absolute atomic E-state index is 0.0821. The van der Waals surface area contributed by atoms with Gasteiger partial charge in [-0.3, -0.25) is 4.72 Å². The molecule has 0 spiro atoms. The van der Waals surface area contributed by atoms with Crippen molar-refractivity contribution in [3.63, 3.8) is 0 Å². The van der Waals surface area contributed by atoms with E-state index in [-0.39, 0.29) is 15.7 Å². The lowest BCUT2D eigenvalue weighted by atomic mass is 10.4. The second-order valence-corrected chi connectivity index (χ2v) is 6.34. The molecular weight excluding hydrogens is 304 g/mol. The quantitative estimate of drug-likeness (QED) is 0.855. The molecule has 0 bridgehead atoms. The molecule has 8 nitrogen and oxygen atoms in total. The van der Waals surface area contributed by atoms with Crippen molar-refractivity contribution in [3.8, 4) is 0 Å². The molecule has 0 aliphatic rings. The largest absolute Gasteiger partial charge is 0.477 e. The second-order valence-electron chi connectivity index (χ2n) is 3.90. The van der Waals surface area contributed by atoms with E-state index in [1.165, 1.54) is 10.8 Å². The first-order valence-corrected chi connectivity index (χ1v) is 7.85. The summed E-state index contributed by atoms with van der Waals surface area (Å²) < 4.78 is 31.8. The zero-order valence-corrected chi connectivity index (χ0v) is 12.3. The van der Waals surface area contributed by atoms with Gasteiger partial charge in [0.25, 0.3) is 10.0 Å². The number of nitrogens with one attached hydrogen (secondary N) is 1. The number of carboxylic acids is 1. The average molecular weight is 316 g/mol. The molecule has 0 atom stereocenters. The van der Waals surface area contributed by atoms with E-state index < -0.39 is 16.0 Å². The Bertz CT molecular complexity index is 747. The van der Waals surface area contributed by atoms with Crippen molar-refractivity contribution in [2.75, 3.05) is 4.72 Å². The van der Waals surface area contributed by atoms with Crippen molar-refractivity contribution in [2.24, 2.45) is 0 Å². The Morgan fingerprint density at radius 1 is 1.55 bits per heavy atom. The summed E-state index contributed by atoms with van der Waals surface area (Å²) in [6.07, 6.45) is 1.28. The molecular formula is C10H12N4O4S2. The predicted molar refractivity (Wildman–Crippen MR) is 72.5 cm³/mol. The first-order valence-electron chi connectivity index (χ1n) is 5.60. The van der Waals surface area contributed by atoms with Crippen LogP contribution < -0.4 is 4.72 Å². The third kappa shape index (κ3) is 2.80. The predicted octanol–water partition coefficient (Wildman–Crippen LogP) is 1.17. The van der Waals surface area contributed by atoms with Crippen LogP contribution in [0.25, 0.3) is 0 Å². The first-order chi connectivity index (χ1) is 9.33. The Kier molecular flexibility index (Phi) is 3.77. The molecule has 20 heavy (non-hydrogen) atoms. The summed E-state index contributed by atoms with van der Waals surface area (Å²) in [5.74, 6) is -0.717. The van der Waals surface area contributed by atoms with E-state index in [1.807, 2.05) is 0 Å². The summed E-state index contributed by atoms with van der Waals surface area (Å²) in [6.45, 7) is 3.73. The summed E-state index contributed by atoms with van der Waals surface area (Å²) in [5, 5.41) is 9.15. The Morgan fingerprint density at radius 2 is 2.25 bits per heavy atom. The Morgan fingerprint density at radius 3 is 2.70 bits per heavy atom. The summed E-state index contributed by atoms with van der Waals surface area (Å²) in [7, 11) is -3.87. The fourth-order valence-electron chi connectivity index (χ4n) is 1.58. The van der Waals surface area contributed by atoms with Gasteiger partial charge in [-0.2, -0.15) is 4.37 Å². The highest BCUT2D eigenvalue weighted by Crippen LogP contribution is 2.20. The molecule has 0 radical (unpaired) electrons. The standard InChI is InChI=1S/C10H12N4O4S2/c1-3-14-5-7(4-8(14)9(15)16)20(17,18)13-10-11-6(2)12-19-10/h4-5H,3H2,1-2H3,(H,15,16)(H,11,12,13). The molecule has 0 aromatic carbocycles. The molecule has 0 fully saturated rings. The van der Waals surface area contributed by atoms with Gasteiger partial charge in [0.1, 0.15) is 16.4 Å². The lowest BCUT2D eigenvalue weighted by molar-refractivity contribution is 0.0685. The molecule has 2 aromatic rings. The van der Waals surface area contributed by atoms with Crippen molar-refractivity contribution >= 4 is 32.7 Å². The normalized spacial score (nSPS) is 11.5. The van der Waals surface area contributed by atoms with Gasteiger partial charge >= 0.3 is 5.97 Å². The van der Waals surface area contributed by atoms with Gasteiger partial charge in [-0.1, -0.05) is 0 Å². The minimum atomic E-state index is -3.87. The molecule has 2 aromatic heterocycles. The number of carbonyl (C=O) groups is 1. The van der Waals surface area contributed by atoms with Crippen LogP contribution in [0, 0.1) is 6.92 Å². The summed E-state index contributed by atoms with van der Waals surface area (Å²) >= 11 is 0.920. The Hall–Kier alpha value is -1.94. The summed E-state index contributed by atoms with van der Waals surface area (Å²) in [4.78, 5) is 14.8. The van der Waals surface area contributed by atoms with E-state index in [1.54, 1.807) is 13.8 Å². The molecule has 0 saturated heterocycles. The van der Waals surface area contributed by atoms with Crippen LogP contribution in [0.1, 0.15) is 23.2 Å². The van der Waals surface area contributed by atoms with Crippen LogP contribution in [-0.4, -0.2) is 33.4 Å². The van der Waals surface area contributed by atoms with Gasteiger partial charge in [0, 0.05) is 24.3 Å². The van der Waals surface area contributed by atoms with Crippen molar-refractivity contribution in [1.29, 1.82) is 0 Å².